The van der Waals surface area contributed by atoms with E-state index in [1.807, 2.05) is 17.6 Å². The van der Waals surface area contributed by atoms with Crippen molar-refractivity contribution in [2.45, 2.75) is 64.0 Å². The van der Waals surface area contributed by atoms with Gasteiger partial charge >= 0.3 is 0 Å². The molecule has 1 aromatic heterocycles. The molecule has 1 saturated heterocycles. The summed E-state index contributed by atoms with van der Waals surface area (Å²) >= 11 is 1.81. The molecule has 1 aliphatic heterocycles. The predicted molar refractivity (Wildman–Crippen MR) is 143 cm³/mol. The quantitative estimate of drug-likeness (QED) is 0.425. The van der Waals surface area contributed by atoms with Crippen molar-refractivity contribution < 1.29 is 9.52 Å². The van der Waals surface area contributed by atoms with E-state index in [4.69, 9.17) is 4.42 Å². The van der Waals surface area contributed by atoms with Gasteiger partial charge in [0.05, 0.1) is 16.3 Å². The highest BCUT2D eigenvalue weighted by molar-refractivity contribution is 7.13. The second kappa shape index (κ2) is 8.93. The molecule has 8 rings (SSSR count). The average molecular weight is 491 g/mol. The number of aromatic nitrogens is 1. The van der Waals surface area contributed by atoms with Gasteiger partial charge < -0.3 is 14.4 Å². The number of hydrogen-bond donors (Lipinski definition) is 1. The lowest BCUT2D eigenvalue weighted by molar-refractivity contribution is -0.128. The SMILES string of the molecule is O[C@H](CN1CCC(Cn2sc3ccccc3oc3ccccc32)CC1)C12CC3CC(CC(C3)C1)C2. The highest BCUT2D eigenvalue weighted by Crippen LogP contribution is 2.61. The average Bonchev–Trinajstić information content (AvgIpc) is 3.01. The normalized spacial score (nSPS) is 31.9. The second-order valence-corrected chi connectivity index (χ2v) is 13.3. The van der Waals surface area contributed by atoms with Gasteiger partial charge in [0, 0.05) is 13.1 Å². The fraction of sp³-hybridized carbons (Fsp3) is 0.600. The van der Waals surface area contributed by atoms with Gasteiger partial charge in [0.15, 0.2) is 5.58 Å². The molecule has 186 valence electrons. The first-order valence-corrected chi connectivity index (χ1v) is 14.6. The zero-order valence-corrected chi connectivity index (χ0v) is 21.5. The Balaban J connectivity index is 1.04. The molecule has 4 nitrogen and oxygen atoms in total. The fourth-order valence-corrected chi connectivity index (χ4v) is 9.50. The zero-order chi connectivity index (χ0) is 23.4. The first kappa shape index (κ1) is 22.4. The third-order valence-corrected chi connectivity index (χ3v) is 10.9. The number of aliphatic hydroxyl groups excluding tert-OH is 1. The van der Waals surface area contributed by atoms with Crippen LogP contribution in [0.3, 0.4) is 0 Å². The zero-order valence-electron chi connectivity index (χ0n) is 20.6. The van der Waals surface area contributed by atoms with E-state index in [2.05, 4.69) is 51.3 Å². The first-order valence-electron chi connectivity index (χ1n) is 13.9. The molecule has 4 bridgehead atoms. The summed E-state index contributed by atoms with van der Waals surface area (Å²) in [5.74, 6) is 3.38. The van der Waals surface area contributed by atoms with Crippen LogP contribution in [0.5, 0.6) is 0 Å². The van der Waals surface area contributed by atoms with Gasteiger partial charge in [-0.3, -0.25) is 3.96 Å². The number of para-hydroxylation sites is 3. The third kappa shape index (κ3) is 4.24. The highest BCUT2D eigenvalue weighted by Gasteiger charge is 2.54. The van der Waals surface area contributed by atoms with Crippen LogP contribution in [0, 0.1) is 29.1 Å². The number of hydrogen-bond acceptors (Lipinski definition) is 4. The van der Waals surface area contributed by atoms with Crippen LogP contribution in [-0.4, -0.2) is 39.7 Å². The van der Waals surface area contributed by atoms with Gasteiger partial charge in [-0.1, -0.05) is 35.8 Å². The monoisotopic (exact) mass is 490 g/mol. The number of piperidine rings is 1. The lowest BCUT2D eigenvalue weighted by atomic mass is 9.48. The van der Waals surface area contributed by atoms with Crippen LogP contribution in [0.25, 0.3) is 21.4 Å². The van der Waals surface area contributed by atoms with Crippen LogP contribution >= 0.6 is 11.5 Å². The Morgan fingerprint density at radius 1 is 0.886 bits per heavy atom. The predicted octanol–water partition coefficient (Wildman–Crippen LogP) is 6.86. The minimum Gasteiger partial charge on any atom is -0.454 e. The van der Waals surface area contributed by atoms with Gasteiger partial charge in [0.1, 0.15) is 5.58 Å². The maximum absolute atomic E-state index is 11.5. The molecule has 3 aromatic rings. The van der Waals surface area contributed by atoms with Crippen LogP contribution in [0.1, 0.15) is 51.4 Å². The molecule has 2 heterocycles. The molecule has 5 heteroatoms. The van der Waals surface area contributed by atoms with Crippen molar-refractivity contribution in [2.24, 2.45) is 29.1 Å². The van der Waals surface area contributed by atoms with Crippen LogP contribution < -0.4 is 0 Å². The molecule has 4 aliphatic carbocycles. The highest BCUT2D eigenvalue weighted by atomic mass is 32.1. The summed E-state index contributed by atoms with van der Waals surface area (Å²) in [6, 6.07) is 16.8. The molecule has 5 fully saturated rings. The number of benzene rings is 2. The molecular formula is C30H38N2O2S. The van der Waals surface area contributed by atoms with Gasteiger partial charge in [-0.05, 0) is 118 Å². The smallest absolute Gasteiger partial charge is 0.151 e. The lowest BCUT2D eigenvalue weighted by Gasteiger charge is -2.59. The second-order valence-electron chi connectivity index (χ2n) is 12.2. The summed E-state index contributed by atoms with van der Waals surface area (Å²) in [6.45, 7) is 4.15. The Morgan fingerprint density at radius 2 is 1.51 bits per heavy atom. The van der Waals surface area contributed by atoms with Crippen molar-refractivity contribution in [1.29, 1.82) is 0 Å². The van der Waals surface area contributed by atoms with E-state index in [1.165, 1.54) is 61.6 Å². The van der Waals surface area contributed by atoms with Crippen LogP contribution in [-0.2, 0) is 6.54 Å². The summed E-state index contributed by atoms with van der Waals surface area (Å²) in [4.78, 5) is 2.57. The summed E-state index contributed by atoms with van der Waals surface area (Å²) in [5, 5.41) is 11.5. The molecule has 1 N–H and O–H groups in total. The molecule has 2 aromatic carbocycles. The number of β-amino-alcohol motifs (C(OH)–C–C–N with tert-alkyl or cyclic N) is 1. The van der Waals surface area contributed by atoms with Crippen molar-refractivity contribution in [3.8, 4) is 0 Å². The number of rotatable bonds is 5. The van der Waals surface area contributed by atoms with Gasteiger partial charge in [-0.2, -0.15) is 0 Å². The standard InChI is InChI=1S/C30H38N2O2S/c33-29(30-16-22-13-23(17-30)15-24(14-22)18-30)20-31-11-9-21(10-12-31)19-32-25-5-1-2-6-26(25)34-27-7-3-4-8-28(27)35-32/h1-8,21-24,29,33H,9-20H2/t22?,23?,24?,29-,30?/m1/s1. The molecule has 4 saturated carbocycles. The van der Waals surface area contributed by atoms with E-state index in [0.29, 0.717) is 5.92 Å². The Bertz CT molecular complexity index is 1210. The maximum atomic E-state index is 11.5. The Kier molecular flexibility index (Phi) is 5.71. The van der Waals surface area contributed by atoms with Crippen molar-refractivity contribution in [3.63, 3.8) is 0 Å². The minimum absolute atomic E-state index is 0.130. The minimum atomic E-state index is -0.130. The number of likely N-dealkylation sites (tertiary alicyclic amines) is 1. The Morgan fingerprint density at radius 3 is 2.23 bits per heavy atom. The summed E-state index contributed by atoms with van der Waals surface area (Å²) in [5.41, 5.74) is 3.31. The van der Waals surface area contributed by atoms with E-state index in [9.17, 15) is 5.11 Å². The maximum Gasteiger partial charge on any atom is 0.151 e. The topological polar surface area (TPSA) is 41.5 Å². The van der Waals surface area contributed by atoms with Crippen molar-refractivity contribution in [3.05, 3.63) is 48.5 Å². The van der Waals surface area contributed by atoms with E-state index in [1.54, 1.807) is 0 Å². The largest absolute Gasteiger partial charge is 0.454 e. The molecule has 35 heavy (non-hydrogen) atoms. The third-order valence-electron chi connectivity index (χ3n) is 9.77. The van der Waals surface area contributed by atoms with Crippen molar-refractivity contribution >= 4 is 32.9 Å². The Hall–Kier alpha value is -1.82. The van der Waals surface area contributed by atoms with Crippen LogP contribution in [0.15, 0.2) is 52.9 Å². The molecule has 0 spiro atoms. The molecule has 0 unspecified atom stereocenters. The molecule has 0 amide bonds. The van der Waals surface area contributed by atoms with E-state index in [-0.39, 0.29) is 11.5 Å². The molecule has 0 radical (unpaired) electrons. The summed E-state index contributed by atoms with van der Waals surface area (Å²) < 4.78 is 9.92. The van der Waals surface area contributed by atoms with Crippen LogP contribution in [0.4, 0.5) is 0 Å². The lowest BCUT2D eigenvalue weighted by Crippen LogP contribution is -2.55. The van der Waals surface area contributed by atoms with Gasteiger partial charge in [-0.15, -0.1) is 0 Å². The van der Waals surface area contributed by atoms with Crippen LogP contribution in [0.2, 0.25) is 0 Å². The molecule has 5 aliphatic rings. The van der Waals surface area contributed by atoms with Crippen molar-refractivity contribution in [2.75, 3.05) is 19.6 Å². The van der Waals surface area contributed by atoms with Gasteiger partial charge in [0.25, 0.3) is 0 Å². The number of aliphatic hydroxyl groups is 1. The van der Waals surface area contributed by atoms with E-state index in [0.717, 1.165) is 55.1 Å². The van der Waals surface area contributed by atoms with Gasteiger partial charge in [0.2, 0.25) is 0 Å². The van der Waals surface area contributed by atoms with Gasteiger partial charge in [-0.25, -0.2) is 0 Å². The molecule has 1 atom stereocenters. The van der Waals surface area contributed by atoms with E-state index >= 15 is 0 Å². The Labute approximate surface area is 212 Å². The summed E-state index contributed by atoms with van der Waals surface area (Å²) in [7, 11) is 0. The number of nitrogens with zero attached hydrogens (tertiary/aromatic N) is 2. The fourth-order valence-electron chi connectivity index (χ4n) is 8.39. The van der Waals surface area contributed by atoms with E-state index < -0.39 is 0 Å². The summed E-state index contributed by atoms with van der Waals surface area (Å²) in [6.07, 6.45) is 10.5. The molecular weight excluding hydrogens is 452 g/mol. The first-order chi connectivity index (χ1) is 17.1. The number of fused-ring (bicyclic) bond motifs is 2. The van der Waals surface area contributed by atoms with Crippen molar-refractivity contribution in [1.82, 2.24) is 8.86 Å².